The van der Waals surface area contributed by atoms with Crippen LogP contribution in [0.5, 0.6) is 5.88 Å². The molecule has 0 bridgehead atoms. The molecule has 1 atom stereocenters. The maximum absolute atomic E-state index is 9.97. The number of fused-ring (bicyclic) bond motifs is 1. The van der Waals surface area contributed by atoms with E-state index in [-0.39, 0.29) is 5.88 Å². The summed E-state index contributed by atoms with van der Waals surface area (Å²) >= 11 is 0. The van der Waals surface area contributed by atoms with Gasteiger partial charge in [-0.3, -0.25) is 4.98 Å². The van der Waals surface area contributed by atoms with Gasteiger partial charge in [-0.1, -0.05) is 6.08 Å². The first-order valence-corrected chi connectivity index (χ1v) is 10.6. The Hall–Kier alpha value is -3.74. The van der Waals surface area contributed by atoms with Crippen LogP contribution in [0.2, 0.25) is 0 Å². The first-order valence-electron chi connectivity index (χ1n) is 10.6. The lowest BCUT2D eigenvalue weighted by atomic mass is 10.0. The molecule has 0 saturated heterocycles. The molecule has 4 aromatic heterocycles. The van der Waals surface area contributed by atoms with Crippen molar-refractivity contribution in [1.29, 1.82) is 0 Å². The van der Waals surface area contributed by atoms with E-state index in [9.17, 15) is 5.11 Å². The zero-order chi connectivity index (χ0) is 21.2. The smallest absolute Gasteiger partial charge is 0.211 e. The van der Waals surface area contributed by atoms with Gasteiger partial charge in [-0.2, -0.15) is 5.10 Å². The monoisotopic (exact) mass is 412 g/mol. The molecule has 4 aromatic rings. The van der Waals surface area contributed by atoms with E-state index in [0.717, 1.165) is 59.5 Å². The maximum atomic E-state index is 9.97. The Bertz CT molecular complexity index is 1230. The van der Waals surface area contributed by atoms with Crippen LogP contribution in [0.4, 0.5) is 0 Å². The minimum absolute atomic E-state index is 0.0259. The van der Waals surface area contributed by atoms with E-state index in [2.05, 4.69) is 39.1 Å². The summed E-state index contributed by atoms with van der Waals surface area (Å²) in [6, 6.07) is 9.98. The fraction of sp³-hybridized carbons (Fsp3) is 0.250. The second-order valence-corrected chi connectivity index (χ2v) is 7.68. The van der Waals surface area contributed by atoms with Crippen molar-refractivity contribution < 1.29 is 5.11 Å². The molecule has 0 fully saturated rings. The zero-order valence-corrected chi connectivity index (χ0v) is 17.4. The predicted molar refractivity (Wildman–Crippen MR) is 119 cm³/mol. The van der Waals surface area contributed by atoms with Gasteiger partial charge in [0.25, 0.3) is 0 Å². The van der Waals surface area contributed by atoms with Crippen LogP contribution in [0.3, 0.4) is 0 Å². The topological polar surface area (TPSA) is 79.4 Å². The third-order valence-electron chi connectivity index (χ3n) is 5.86. The number of aromatic nitrogens is 5. The van der Waals surface area contributed by atoms with Gasteiger partial charge in [0.2, 0.25) is 5.88 Å². The molecule has 7 nitrogen and oxygen atoms in total. The van der Waals surface area contributed by atoms with Crippen molar-refractivity contribution in [3.63, 3.8) is 0 Å². The van der Waals surface area contributed by atoms with Crippen molar-refractivity contribution in [2.75, 3.05) is 6.54 Å². The van der Waals surface area contributed by atoms with Crippen LogP contribution in [0.25, 0.3) is 28.0 Å². The fourth-order valence-electron chi connectivity index (χ4n) is 4.31. The fourth-order valence-corrected chi connectivity index (χ4v) is 4.31. The zero-order valence-electron chi connectivity index (χ0n) is 17.4. The molecule has 1 unspecified atom stereocenters. The second-order valence-electron chi connectivity index (χ2n) is 7.68. The Kier molecular flexibility index (Phi) is 5.08. The Balaban J connectivity index is 1.60. The molecular weight excluding hydrogens is 388 g/mol. The van der Waals surface area contributed by atoms with Crippen LogP contribution in [-0.4, -0.2) is 47.2 Å². The maximum Gasteiger partial charge on any atom is 0.211 e. The van der Waals surface area contributed by atoms with Crippen LogP contribution < -0.4 is 0 Å². The summed E-state index contributed by atoms with van der Waals surface area (Å²) in [5.74, 6) is -0.0259. The van der Waals surface area contributed by atoms with Gasteiger partial charge in [0, 0.05) is 54.7 Å². The highest BCUT2D eigenvalue weighted by atomic mass is 16.3. The molecule has 1 N–H and O–H groups in total. The molecule has 156 valence electrons. The van der Waals surface area contributed by atoms with Gasteiger partial charge in [-0.15, -0.1) is 0 Å². The quantitative estimate of drug-likeness (QED) is 0.514. The lowest BCUT2D eigenvalue weighted by Gasteiger charge is -2.24. The van der Waals surface area contributed by atoms with Crippen molar-refractivity contribution in [3.05, 3.63) is 73.1 Å². The highest BCUT2D eigenvalue weighted by molar-refractivity contribution is 5.90. The Labute approximate surface area is 180 Å². The molecule has 1 aliphatic heterocycles. The van der Waals surface area contributed by atoms with Gasteiger partial charge in [-0.05, 0) is 62.2 Å². The average molecular weight is 412 g/mol. The van der Waals surface area contributed by atoms with Gasteiger partial charge in [-0.25, -0.2) is 14.5 Å². The van der Waals surface area contributed by atoms with Crippen LogP contribution in [0.15, 0.2) is 67.4 Å². The summed E-state index contributed by atoms with van der Waals surface area (Å²) in [6.45, 7) is 3.22. The third kappa shape index (κ3) is 3.63. The van der Waals surface area contributed by atoms with E-state index >= 15 is 0 Å². The largest absolute Gasteiger partial charge is 0.493 e. The first-order chi connectivity index (χ1) is 15.2. The number of pyridine rings is 2. The van der Waals surface area contributed by atoms with Gasteiger partial charge in [0.1, 0.15) is 5.69 Å². The highest BCUT2D eigenvalue weighted by Gasteiger charge is 2.21. The number of nitrogens with zero attached hydrogens (tertiary/aromatic N) is 6. The number of aromatic hydroxyl groups is 1. The number of hydrogen-bond donors (Lipinski definition) is 1. The number of aryl methyl sites for hydroxylation is 1. The van der Waals surface area contributed by atoms with E-state index in [1.165, 1.54) is 0 Å². The summed E-state index contributed by atoms with van der Waals surface area (Å²) in [5, 5.41) is 14.9. The van der Waals surface area contributed by atoms with Crippen molar-refractivity contribution in [2.45, 2.75) is 32.2 Å². The minimum atomic E-state index is -0.0259. The summed E-state index contributed by atoms with van der Waals surface area (Å²) < 4.78 is 1.95. The van der Waals surface area contributed by atoms with E-state index in [1.54, 1.807) is 24.7 Å². The third-order valence-corrected chi connectivity index (χ3v) is 5.86. The lowest BCUT2D eigenvalue weighted by Crippen LogP contribution is -2.27. The first kappa shape index (κ1) is 19.2. The Morgan fingerprint density at radius 1 is 1.03 bits per heavy atom. The highest BCUT2D eigenvalue weighted by Crippen LogP contribution is 2.35. The molecule has 0 spiro atoms. The van der Waals surface area contributed by atoms with Crippen LogP contribution in [0, 0.1) is 0 Å². The Morgan fingerprint density at radius 2 is 1.84 bits per heavy atom. The molecule has 0 aliphatic carbocycles. The number of hydrogen-bond acceptors (Lipinski definition) is 6. The molecule has 31 heavy (non-hydrogen) atoms. The van der Waals surface area contributed by atoms with Crippen LogP contribution in [-0.2, 0) is 6.42 Å². The number of rotatable bonds is 6. The van der Waals surface area contributed by atoms with Crippen LogP contribution >= 0.6 is 0 Å². The standard InChI is InChI=1S/C24H24N6O/c1-2-29-15-3-4-19(29)5-6-20-10-14-27-24-22(18-9-13-26-21(31)16-18)23(28-30(20)24)17-7-11-25-12-8-17/h3,7-16,19H,2,4-6H2,1H3,(H,26,31). The SMILES string of the molecule is CCN1C=CCC1CCc1ccnc2c(-c3ccnc(O)c3)c(-c3ccncc3)nn12. The molecule has 0 aromatic carbocycles. The van der Waals surface area contributed by atoms with E-state index < -0.39 is 0 Å². The van der Waals surface area contributed by atoms with Gasteiger partial charge < -0.3 is 10.0 Å². The minimum Gasteiger partial charge on any atom is -0.493 e. The molecular formula is C24H24N6O. The normalized spacial score (nSPS) is 15.8. The summed E-state index contributed by atoms with van der Waals surface area (Å²) in [6.07, 6.45) is 14.5. The van der Waals surface area contributed by atoms with E-state index in [1.807, 2.05) is 35.0 Å². The second kappa shape index (κ2) is 8.18. The molecule has 7 heteroatoms. The molecule has 0 saturated carbocycles. The predicted octanol–water partition coefficient (Wildman–Crippen LogP) is 4.10. The summed E-state index contributed by atoms with van der Waals surface area (Å²) in [7, 11) is 0. The van der Waals surface area contributed by atoms with Gasteiger partial charge in [0.15, 0.2) is 5.65 Å². The lowest BCUT2D eigenvalue weighted by molar-refractivity contribution is 0.297. The summed E-state index contributed by atoms with van der Waals surface area (Å²) in [4.78, 5) is 15.1. The molecule has 5 heterocycles. The molecule has 0 radical (unpaired) electrons. The van der Waals surface area contributed by atoms with Gasteiger partial charge >= 0.3 is 0 Å². The van der Waals surface area contributed by atoms with E-state index in [4.69, 9.17) is 5.10 Å². The molecule has 0 amide bonds. The van der Waals surface area contributed by atoms with Gasteiger partial charge in [0.05, 0.1) is 5.56 Å². The van der Waals surface area contributed by atoms with Crippen LogP contribution in [0.1, 0.15) is 25.5 Å². The average Bonchev–Trinajstić information content (AvgIpc) is 3.42. The van der Waals surface area contributed by atoms with Crippen molar-refractivity contribution in [3.8, 4) is 28.3 Å². The summed E-state index contributed by atoms with van der Waals surface area (Å²) in [5.41, 5.74) is 5.36. The molecule has 1 aliphatic rings. The molecule has 5 rings (SSSR count). The Morgan fingerprint density at radius 3 is 2.65 bits per heavy atom. The van der Waals surface area contributed by atoms with Crippen molar-refractivity contribution in [1.82, 2.24) is 29.5 Å². The van der Waals surface area contributed by atoms with E-state index in [0.29, 0.717) is 6.04 Å². The van der Waals surface area contributed by atoms with Crippen molar-refractivity contribution in [2.24, 2.45) is 0 Å². The van der Waals surface area contributed by atoms with Crippen molar-refractivity contribution >= 4 is 5.65 Å².